The van der Waals surface area contributed by atoms with E-state index >= 15 is 0 Å². The van der Waals surface area contributed by atoms with Crippen molar-refractivity contribution in [3.63, 3.8) is 0 Å². The molecule has 0 saturated heterocycles. The second-order valence-corrected chi connectivity index (χ2v) is 36.8. The number of hydrogen-bond acceptors (Lipinski definition) is 0. The van der Waals surface area contributed by atoms with E-state index < -0.39 is 0 Å². The zero-order valence-corrected chi connectivity index (χ0v) is 59.1. The van der Waals surface area contributed by atoms with E-state index in [9.17, 15) is 0 Å². The molecule has 16 aromatic rings. The number of hydrogen-bond donors (Lipinski definition) is 0. The topological polar surface area (TPSA) is 0 Å². The number of halogens is 2. The van der Waals surface area contributed by atoms with Crippen molar-refractivity contribution >= 4 is 98.6 Å². The molecule has 0 nitrogen and oxygen atoms in total. The maximum absolute atomic E-state index is 2.28. The second-order valence-electron chi connectivity index (χ2n) is 23.5. The Morgan fingerprint density at radius 3 is 0.578 bits per heavy atom. The van der Waals surface area contributed by atoms with Crippen molar-refractivity contribution in [1.29, 1.82) is 0 Å². The standard InChI is InChI=1S/4C20H15.2C2H6Si.2ClH.2Ti/c4*1-14-12-16-8-5-11-19(20(16)13-14)18-10-4-7-15-6-2-3-9-17(15)18;2*1-3-2;;;;/h4*2-13H,1H3;2*1-2H3;2*1H;;/q4*-1;;;;;2*+2/p-2. The summed E-state index contributed by atoms with van der Waals surface area (Å²) >= 11 is 4.54. The molecule has 0 aromatic heterocycles. The molecule has 0 bridgehead atoms. The molecule has 0 heterocycles. The average molecular weight is 1300 g/mol. The van der Waals surface area contributed by atoms with Gasteiger partial charge in [-0.15, -0.1) is 138 Å². The molecule has 0 spiro atoms. The van der Waals surface area contributed by atoms with Crippen LogP contribution in [0.1, 0.15) is 22.3 Å². The minimum atomic E-state index is 0. The predicted molar refractivity (Wildman–Crippen MR) is 384 cm³/mol. The van der Waals surface area contributed by atoms with Crippen molar-refractivity contribution in [3.05, 3.63) is 313 Å². The molecule has 6 heteroatoms. The van der Waals surface area contributed by atoms with E-state index in [4.69, 9.17) is 0 Å². The zero-order chi connectivity index (χ0) is 61.3. The molecule has 16 rings (SSSR count). The van der Waals surface area contributed by atoms with Gasteiger partial charge in [0.2, 0.25) is 0 Å². The Hall–Kier alpha value is -7.44. The molecule has 0 N–H and O–H groups in total. The molecule has 440 valence electrons. The molecular weight excluding hydrogens is 1230 g/mol. The summed E-state index contributed by atoms with van der Waals surface area (Å²) in [5.74, 6) is 0. The van der Waals surface area contributed by atoms with Gasteiger partial charge in [0.15, 0.2) is 0 Å². The Kier molecular flexibility index (Phi) is 23.1. The maximum atomic E-state index is 2.28. The predicted octanol–water partition coefficient (Wildman–Crippen LogP) is 18.3. The van der Waals surface area contributed by atoms with Gasteiger partial charge in [-0.25, -0.2) is 0 Å². The smallest absolute Gasteiger partial charge is 0.0114 e. The maximum Gasteiger partial charge on any atom is -0.0114 e. The Morgan fingerprint density at radius 1 is 0.222 bits per heavy atom. The largest absolute Gasteiger partial charge is 1.00 e. The van der Waals surface area contributed by atoms with Gasteiger partial charge in [-0.05, 0) is 65.3 Å². The van der Waals surface area contributed by atoms with E-state index in [1.807, 2.05) is 0 Å². The molecule has 0 atom stereocenters. The van der Waals surface area contributed by atoms with Gasteiger partial charge in [-0.1, -0.05) is 244 Å². The Bertz CT molecular complexity index is 4490. The van der Waals surface area contributed by atoms with Crippen molar-refractivity contribution in [2.24, 2.45) is 0 Å². The monoisotopic (exact) mass is 1300 g/mol. The van der Waals surface area contributed by atoms with Crippen LogP contribution in [0.3, 0.4) is 0 Å². The summed E-state index contributed by atoms with van der Waals surface area (Å²) < 4.78 is 0. The van der Waals surface area contributed by atoms with Gasteiger partial charge in [0.1, 0.15) is 0 Å². The molecule has 0 fully saturated rings. The van der Waals surface area contributed by atoms with Crippen molar-refractivity contribution in [2.75, 3.05) is 0 Å². The third-order valence-electron chi connectivity index (χ3n) is 15.9. The van der Waals surface area contributed by atoms with Crippen LogP contribution in [0.25, 0.3) is 131 Å². The van der Waals surface area contributed by atoms with Gasteiger partial charge in [0, 0.05) is 0 Å². The average Bonchev–Trinajstić information content (AvgIpc) is 1.52. The first-order chi connectivity index (χ1) is 42.8. The summed E-state index contributed by atoms with van der Waals surface area (Å²) in [6.07, 6.45) is 0.241. The molecule has 0 saturated carbocycles. The summed E-state index contributed by atoms with van der Waals surface area (Å²) in [5, 5.41) is 21.2. The molecule has 90 heavy (non-hydrogen) atoms. The normalized spacial score (nSPS) is 10.6. The van der Waals surface area contributed by atoms with Gasteiger partial charge >= 0.3 is 76.9 Å². The van der Waals surface area contributed by atoms with Crippen molar-refractivity contribution in [1.82, 2.24) is 0 Å². The van der Waals surface area contributed by atoms with Crippen LogP contribution < -0.4 is 24.8 Å². The second kappa shape index (κ2) is 31.1. The molecule has 16 aromatic carbocycles. The summed E-state index contributed by atoms with van der Waals surface area (Å²) in [5.41, 5.74) is 15.9. The van der Waals surface area contributed by atoms with Gasteiger partial charge in [-0.2, -0.15) is 24.3 Å². The van der Waals surface area contributed by atoms with Crippen LogP contribution in [0.5, 0.6) is 0 Å². The SMILES string of the molecule is C[Si](C)=[Ti+2].C[Si](C)=[Ti+2].Cc1cc2c(-c3cccc4ccccc34)cccc2[cH-]1.Cc1cc2c(-c3cccc4ccccc34)cccc2[cH-]1.Cc1cc2c(-c3cccc4ccccc34)cccc2[cH-]1.Cc1cc2c(-c3cccc4ccccc34)cccc2[cH-]1.[Cl-].[Cl-]. The minimum absolute atomic E-state index is 0. The van der Waals surface area contributed by atoms with Crippen molar-refractivity contribution in [2.45, 2.75) is 53.9 Å². The van der Waals surface area contributed by atoms with Gasteiger partial charge in [-0.3, -0.25) is 0 Å². The van der Waals surface area contributed by atoms with Crippen LogP contribution in [0.15, 0.2) is 291 Å². The van der Waals surface area contributed by atoms with Crippen molar-refractivity contribution < 1.29 is 63.2 Å². The third kappa shape index (κ3) is 15.6. The van der Waals surface area contributed by atoms with Gasteiger partial charge < -0.3 is 24.8 Å². The fourth-order valence-corrected chi connectivity index (χ4v) is 12.3. The summed E-state index contributed by atoms with van der Waals surface area (Å²) in [7, 11) is 0. The fourth-order valence-electron chi connectivity index (χ4n) is 12.3. The quantitative estimate of drug-likeness (QED) is 0.122. The molecule has 0 unspecified atom stereocenters. The molecular formula is C84H72Cl2Si2Ti2-2. The van der Waals surface area contributed by atoms with Gasteiger partial charge in [0.25, 0.3) is 0 Å². The summed E-state index contributed by atoms with van der Waals surface area (Å²) in [4.78, 5) is 0. The van der Waals surface area contributed by atoms with Crippen LogP contribution >= 0.6 is 0 Å². The van der Waals surface area contributed by atoms with Crippen LogP contribution in [-0.2, 0) is 38.3 Å². The van der Waals surface area contributed by atoms with Crippen LogP contribution in [0.4, 0.5) is 0 Å². The first kappa shape index (κ1) is 67.0. The number of benzene rings is 12. The van der Waals surface area contributed by atoms with Crippen LogP contribution in [-0.4, -0.2) is 12.4 Å². The Morgan fingerprint density at radius 2 is 0.378 bits per heavy atom. The molecule has 0 aliphatic carbocycles. The third-order valence-corrected chi connectivity index (χ3v) is 15.9. The van der Waals surface area contributed by atoms with E-state index in [2.05, 4.69) is 383 Å². The zero-order valence-electron chi connectivity index (χ0n) is 52.5. The summed E-state index contributed by atoms with van der Waals surface area (Å²) in [6, 6.07) is 105. The minimum Gasteiger partial charge on any atom is -1.00 e. The number of rotatable bonds is 4. The van der Waals surface area contributed by atoms with E-state index in [1.165, 1.54) is 153 Å². The van der Waals surface area contributed by atoms with Gasteiger partial charge in [0.05, 0.1) is 0 Å². The molecule has 0 aliphatic heterocycles. The van der Waals surface area contributed by atoms with E-state index in [0.717, 1.165) is 0 Å². The molecule has 0 aliphatic rings. The van der Waals surface area contributed by atoms with E-state index in [-0.39, 0.29) is 37.2 Å². The first-order valence-corrected chi connectivity index (χ1v) is 40.1. The van der Waals surface area contributed by atoms with Crippen LogP contribution in [0, 0.1) is 27.7 Å². The van der Waals surface area contributed by atoms with E-state index in [1.54, 1.807) is 0 Å². The molecule has 0 amide bonds. The Balaban J connectivity index is 0.000000136. The summed E-state index contributed by atoms with van der Waals surface area (Å²) in [6.45, 7) is 17.7. The van der Waals surface area contributed by atoms with E-state index in [0.29, 0.717) is 0 Å². The Labute approximate surface area is 568 Å². The number of aryl methyl sites for hydroxylation is 4. The first-order valence-electron chi connectivity index (χ1n) is 30.4. The van der Waals surface area contributed by atoms with Crippen LogP contribution in [0.2, 0.25) is 26.2 Å². The molecule has 0 radical (unpaired) electrons. The number of fused-ring (bicyclic) bond motifs is 8. The van der Waals surface area contributed by atoms with Crippen molar-refractivity contribution in [3.8, 4) is 44.5 Å². The fraction of sp³-hybridized carbons (Fsp3) is 0.0952.